The first-order valence-corrected chi connectivity index (χ1v) is 6.08. The van der Waals surface area contributed by atoms with Gasteiger partial charge in [-0.15, -0.1) is 0 Å². The Bertz CT molecular complexity index is 286. The second kappa shape index (κ2) is 6.86. The van der Waals surface area contributed by atoms with E-state index in [2.05, 4.69) is 13.0 Å². The van der Waals surface area contributed by atoms with E-state index in [1.165, 1.54) is 24.8 Å². The molecule has 84 valence electrons. The van der Waals surface area contributed by atoms with Gasteiger partial charge in [-0.25, -0.2) is 0 Å². The maximum absolute atomic E-state index is 5.94. The quantitative estimate of drug-likeness (QED) is 0.786. The number of unbranched alkanes of at least 4 members (excludes halogenated alkanes) is 1. The fourth-order valence-corrected chi connectivity index (χ4v) is 2.01. The smallest absolute Gasteiger partial charge is 0.0408 e. The van der Waals surface area contributed by atoms with Gasteiger partial charge in [0.05, 0.1) is 0 Å². The van der Waals surface area contributed by atoms with Crippen molar-refractivity contribution in [1.82, 2.24) is 0 Å². The van der Waals surface area contributed by atoms with E-state index >= 15 is 0 Å². The van der Waals surface area contributed by atoms with Gasteiger partial charge in [0.15, 0.2) is 0 Å². The molecule has 1 nitrogen and oxygen atoms in total. The van der Waals surface area contributed by atoms with Crippen LogP contribution in [0.1, 0.15) is 31.7 Å². The van der Waals surface area contributed by atoms with Crippen molar-refractivity contribution in [2.45, 2.75) is 32.6 Å². The Balaban J connectivity index is 2.50. The molecule has 0 spiro atoms. The Morgan fingerprint density at radius 3 is 2.80 bits per heavy atom. The van der Waals surface area contributed by atoms with Crippen LogP contribution in [0.3, 0.4) is 0 Å². The highest BCUT2D eigenvalue weighted by Crippen LogP contribution is 2.17. The number of rotatable bonds is 6. The van der Waals surface area contributed by atoms with Gasteiger partial charge in [0.25, 0.3) is 0 Å². The summed E-state index contributed by atoms with van der Waals surface area (Å²) in [4.78, 5) is 0. The minimum absolute atomic E-state index is 0.600. The Labute approximate surface area is 97.6 Å². The van der Waals surface area contributed by atoms with Gasteiger partial charge >= 0.3 is 0 Å². The van der Waals surface area contributed by atoms with Crippen LogP contribution in [-0.2, 0) is 6.42 Å². The number of halogens is 1. The molecule has 1 aromatic carbocycles. The summed E-state index contributed by atoms with van der Waals surface area (Å²) in [7, 11) is 0. The van der Waals surface area contributed by atoms with Crippen molar-refractivity contribution in [2.24, 2.45) is 11.7 Å². The van der Waals surface area contributed by atoms with Gasteiger partial charge < -0.3 is 5.73 Å². The van der Waals surface area contributed by atoms with Crippen molar-refractivity contribution in [3.05, 3.63) is 34.9 Å². The number of hydrogen-bond donors (Lipinski definition) is 1. The van der Waals surface area contributed by atoms with Gasteiger partial charge in [0.2, 0.25) is 0 Å². The van der Waals surface area contributed by atoms with E-state index in [-0.39, 0.29) is 0 Å². The van der Waals surface area contributed by atoms with Crippen LogP contribution < -0.4 is 5.73 Å². The summed E-state index contributed by atoms with van der Waals surface area (Å²) >= 11 is 5.94. The Morgan fingerprint density at radius 1 is 1.40 bits per heavy atom. The first-order valence-electron chi connectivity index (χ1n) is 5.70. The van der Waals surface area contributed by atoms with Crippen LogP contribution in [0, 0.1) is 5.92 Å². The van der Waals surface area contributed by atoms with Gasteiger partial charge in [-0.3, -0.25) is 0 Å². The molecule has 0 bridgehead atoms. The highest BCUT2D eigenvalue weighted by molar-refractivity contribution is 6.30. The molecular weight excluding hydrogens is 206 g/mol. The summed E-state index contributed by atoms with van der Waals surface area (Å²) in [5, 5.41) is 0.818. The lowest BCUT2D eigenvalue weighted by atomic mass is 9.94. The van der Waals surface area contributed by atoms with Crippen molar-refractivity contribution in [3.63, 3.8) is 0 Å². The average Bonchev–Trinajstić information content (AvgIpc) is 2.24. The SMILES string of the molecule is CCCCC(CN)Cc1cccc(Cl)c1. The van der Waals surface area contributed by atoms with Crippen molar-refractivity contribution in [3.8, 4) is 0 Å². The van der Waals surface area contributed by atoms with Crippen LogP contribution in [0.4, 0.5) is 0 Å². The van der Waals surface area contributed by atoms with Crippen molar-refractivity contribution < 1.29 is 0 Å². The van der Waals surface area contributed by atoms with E-state index in [0.717, 1.165) is 18.0 Å². The van der Waals surface area contributed by atoms with Gasteiger partial charge in [0, 0.05) is 5.02 Å². The van der Waals surface area contributed by atoms with Gasteiger partial charge in [-0.05, 0) is 43.0 Å². The third kappa shape index (κ3) is 4.67. The van der Waals surface area contributed by atoms with Crippen molar-refractivity contribution in [2.75, 3.05) is 6.54 Å². The van der Waals surface area contributed by atoms with Crippen LogP contribution in [0.5, 0.6) is 0 Å². The normalized spacial score (nSPS) is 12.7. The zero-order valence-electron chi connectivity index (χ0n) is 9.38. The molecule has 0 aliphatic carbocycles. The monoisotopic (exact) mass is 225 g/mol. The lowest BCUT2D eigenvalue weighted by molar-refractivity contribution is 0.472. The minimum atomic E-state index is 0.600. The fourth-order valence-electron chi connectivity index (χ4n) is 1.79. The molecule has 2 N–H and O–H groups in total. The Morgan fingerprint density at radius 2 is 2.20 bits per heavy atom. The molecule has 0 fully saturated rings. The maximum Gasteiger partial charge on any atom is 0.0408 e. The lowest BCUT2D eigenvalue weighted by Gasteiger charge is -2.14. The standard InChI is InChI=1S/C13H20ClN/c1-2-3-5-12(10-15)8-11-6-4-7-13(14)9-11/h4,6-7,9,12H,2-3,5,8,10,15H2,1H3. The predicted molar refractivity (Wildman–Crippen MR) is 67.2 cm³/mol. The third-order valence-electron chi connectivity index (χ3n) is 2.71. The zero-order chi connectivity index (χ0) is 11.1. The molecule has 1 unspecified atom stereocenters. The Hall–Kier alpha value is -0.530. The number of hydrogen-bond acceptors (Lipinski definition) is 1. The summed E-state index contributed by atoms with van der Waals surface area (Å²) in [5.74, 6) is 0.600. The highest BCUT2D eigenvalue weighted by Gasteiger charge is 2.07. The summed E-state index contributed by atoms with van der Waals surface area (Å²) in [6.45, 7) is 2.99. The van der Waals surface area contributed by atoms with E-state index < -0.39 is 0 Å². The van der Waals surface area contributed by atoms with Crippen molar-refractivity contribution >= 4 is 11.6 Å². The van der Waals surface area contributed by atoms with Crippen LogP contribution in [0.15, 0.2) is 24.3 Å². The van der Waals surface area contributed by atoms with Crippen LogP contribution >= 0.6 is 11.6 Å². The summed E-state index contributed by atoms with van der Waals surface area (Å²) in [5.41, 5.74) is 7.07. The predicted octanol–water partition coefficient (Wildman–Crippen LogP) is 3.65. The number of nitrogens with two attached hydrogens (primary N) is 1. The van der Waals surface area contributed by atoms with Gasteiger partial charge in [-0.2, -0.15) is 0 Å². The molecule has 2 heteroatoms. The van der Waals surface area contributed by atoms with Crippen molar-refractivity contribution in [1.29, 1.82) is 0 Å². The number of benzene rings is 1. The van der Waals surface area contributed by atoms with Crippen LogP contribution in [-0.4, -0.2) is 6.54 Å². The van der Waals surface area contributed by atoms with Gasteiger partial charge in [-0.1, -0.05) is 43.5 Å². The third-order valence-corrected chi connectivity index (χ3v) is 2.95. The van der Waals surface area contributed by atoms with E-state index in [1.807, 2.05) is 18.2 Å². The molecule has 0 aliphatic rings. The van der Waals surface area contributed by atoms with E-state index in [0.29, 0.717) is 5.92 Å². The second-order valence-electron chi connectivity index (χ2n) is 4.08. The molecule has 0 aliphatic heterocycles. The summed E-state index contributed by atoms with van der Waals surface area (Å²) in [6.07, 6.45) is 4.78. The first kappa shape index (κ1) is 12.5. The topological polar surface area (TPSA) is 26.0 Å². The van der Waals surface area contributed by atoms with E-state index in [9.17, 15) is 0 Å². The molecule has 0 radical (unpaired) electrons. The van der Waals surface area contributed by atoms with Gasteiger partial charge in [0.1, 0.15) is 0 Å². The highest BCUT2D eigenvalue weighted by atomic mass is 35.5. The molecular formula is C13H20ClN. The molecule has 0 amide bonds. The maximum atomic E-state index is 5.94. The Kier molecular flexibility index (Phi) is 5.74. The molecule has 1 atom stereocenters. The first-order chi connectivity index (χ1) is 7.26. The van der Waals surface area contributed by atoms with Crippen LogP contribution in [0.25, 0.3) is 0 Å². The average molecular weight is 226 g/mol. The molecule has 0 saturated carbocycles. The van der Waals surface area contributed by atoms with E-state index in [4.69, 9.17) is 17.3 Å². The molecule has 1 rings (SSSR count). The molecule has 0 heterocycles. The molecule has 0 aromatic heterocycles. The summed E-state index contributed by atoms with van der Waals surface area (Å²) < 4.78 is 0. The summed E-state index contributed by atoms with van der Waals surface area (Å²) in [6, 6.07) is 8.08. The van der Waals surface area contributed by atoms with Crippen LogP contribution in [0.2, 0.25) is 5.02 Å². The molecule has 0 saturated heterocycles. The molecule has 1 aromatic rings. The molecule has 15 heavy (non-hydrogen) atoms. The largest absolute Gasteiger partial charge is 0.330 e. The van der Waals surface area contributed by atoms with E-state index in [1.54, 1.807) is 0 Å². The lowest BCUT2D eigenvalue weighted by Crippen LogP contribution is -2.16. The minimum Gasteiger partial charge on any atom is -0.330 e. The second-order valence-corrected chi connectivity index (χ2v) is 4.51. The zero-order valence-corrected chi connectivity index (χ0v) is 10.1. The fraction of sp³-hybridized carbons (Fsp3) is 0.538.